The number of carbonyl (C=O) groups excluding carboxylic acids is 3. The Morgan fingerprint density at radius 3 is 2.53 bits per heavy atom. The number of allylic oxidation sites excluding steroid dienone is 1. The van der Waals surface area contributed by atoms with E-state index in [0.717, 1.165) is 17.9 Å². The summed E-state index contributed by atoms with van der Waals surface area (Å²) >= 11 is 0. The van der Waals surface area contributed by atoms with Gasteiger partial charge in [0.2, 0.25) is 0 Å². The van der Waals surface area contributed by atoms with Crippen LogP contribution in [-0.2, 0) is 19.2 Å². The summed E-state index contributed by atoms with van der Waals surface area (Å²) in [6, 6.07) is 0. The Morgan fingerprint density at radius 2 is 1.94 bits per heavy atom. The minimum atomic E-state index is -0.434. The molecule has 0 aliphatic carbocycles. The van der Waals surface area contributed by atoms with Gasteiger partial charge < -0.3 is 9.63 Å². The third-order valence-corrected chi connectivity index (χ3v) is 2.11. The van der Waals surface area contributed by atoms with Crippen LogP contribution in [0.25, 0.3) is 0 Å². The molecule has 0 atom stereocenters. The van der Waals surface area contributed by atoms with Gasteiger partial charge in [0, 0.05) is 26.3 Å². The van der Waals surface area contributed by atoms with Gasteiger partial charge >= 0.3 is 5.97 Å². The number of carbonyl (C=O) groups is 3. The van der Waals surface area contributed by atoms with Crippen molar-refractivity contribution in [3.63, 3.8) is 0 Å². The lowest BCUT2D eigenvalue weighted by atomic mass is 10.2. The molecule has 0 saturated carbocycles. The molecule has 0 radical (unpaired) electrons. The van der Waals surface area contributed by atoms with Crippen LogP contribution in [0, 0.1) is 0 Å². The van der Waals surface area contributed by atoms with Gasteiger partial charge in [0.25, 0.3) is 5.91 Å². The summed E-state index contributed by atoms with van der Waals surface area (Å²) < 4.78 is 0. The largest absolute Gasteiger partial charge is 0.338 e. The maximum absolute atomic E-state index is 11.3. The number of aldehydes is 1. The molecule has 0 spiro atoms. The fourth-order valence-corrected chi connectivity index (χ4v) is 1.15. The zero-order chi connectivity index (χ0) is 13.1. The Labute approximate surface area is 101 Å². The van der Waals surface area contributed by atoms with E-state index in [1.807, 2.05) is 0 Å². The maximum atomic E-state index is 11.3. The van der Waals surface area contributed by atoms with Crippen LogP contribution in [0.2, 0.25) is 0 Å². The minimum Gasteiger partial charge on any atom is -0.338 e. The first kappa shape index (κ1) is 15.3. The van der Waals surface area contributed by atoms with Crippen LogP contribution in [0.3, 0.4) is 0 Å². The van der Waals surface area contributed by atoms with E-state index in [-0.39, 0.29) is 25.2 Å². The lowest BCUT2D eigenvalue weighted by molar-refractivity contribution is -0.192. The van der Waals surface area contributed by atoms with Crippen molar-refractivity contribution in [2.75, 3.05) is 7.05 Å². The van der Waals surface area contributed by atoms with Crippen LogP contribution in [0.1, 0.15) is 38.5 Å². The van der Waals surface area contributed by atoms with Gasteiger partial charge in [-0.3, -0.25) is 4.79 Å². The molecule has 17 heavy (non-hydrogen) atoms. The summed E-state index contributed by atoms with van der Waals surface area (Å²) in [7, 11) is 1.37. The molecule has 0 fully saturated rings. The van der Waals surface area contributed by atoms with Crippen molar-refractivity contribution in [2.24, 2.45) is 0 Å². The van der Waals surface area contributed by atoms with Gasteiger partial charge in [-0.2, -0.15) is 5.06 Å². The Bertz CT molecular complexity index is 276. The van der Waals surface area contributed by atoms with Crippen LogP contribution >= 0.6 is 0 Å². The summed E-state index contributed by atoms with van der Waals surface area (Å²) in [5, 5.41) is 0.888. The number of hydrogen-bond donors (Lipinski definition) is 0. The van der Waals surface area contributed by atoms with Gasteiger partial charge in [0.1, 0.15) is 6.29 Å². The first-order valence-electron chi connectivity index (χ1n) is 5.63. The highest BCUT2D eigenvalue weighted by molar-refractivity contribution is 5.79. The topological polar surface area (TPSA) is 63.7 Å². The molecule has 0 aromatic heterocycles. The van der Waals surface area contributed by atoms with Crippen molar-refractivity contribution in [2.45, 2.75) is 38.5 Å². The molecule has 0 aliphatic rings. The molecule has 5 nitrogen and oxygen atoms in total. The predicted octanol–water partition coefficient (Wildman–Crippen LogP) is 1.63. The predicted molar refractivity (Wildman–Crippen MR) is 62.8 cm³/mol. The first-order chi connectivity index (χ1) is 8.11. The molecule has 0 heterocycles. The number of hydrogen-bond acceptors (Lipinski definition) is 4. The molecule has 0 unspecified atom stereocenters. The molecule has 1 amide bonds. The molecule has 0 saturated heterocycles. The molecule has 0 aromatic rings. The van der Waals surface area contributed by atoms with Crippen molar-refractivity contribution in [1.29, 1.82) is 0 Å². The van der Waals surface area contributed by atoms with Crippen molar-refractivity contribution in [3.8, 4) is 0 Å². The van der Waals surface area contributed by atoms with Crippen molar-refractivity contribution >= 4 is 18.2 Å². The van der Waals surface area contributed by atoms with E-state index in [2.05, 4.69) is 6.58 Å². The van der Waals surface area contributed by atoms with Gasteiger partial charge in [0.15, 0.2) is 0 Å². The second kappa shape index (κ2) is 9.57. The van der Waals surface area contributed by atoms with Crippen LogP contribution < -0.4 is 0 Å². The third kappa shape index (κ3) is 8.19. The molecular weight excluding hydrogens is 222 g/mol. The zero-order valence-corrected chi connectivity index (χ0v) is 10.2. The minimum absolute atomic E-state index is 0.0593. The van der Waals surface area contributed by atoms with E-state index in [1.54, 1.807) is 6.08 Å². The third-order valence-electron chi connectivity index (χ3n) is 2.11. The highest BCUT2D eigenvalue weighted by atomic mass is 16.7. The standard InChI is InChI=1S/C12H19NO4/c1-3-4-5-6-9-12(16)17-13(2)11(15)8-7-10-14/h3,10H,1,4-9H2,2H3. The number of unbranched alkanes of at least 4 members (excludes halogenated alkanes) is 2. The molecule has 0 rings (SSSR count). The smallest absolute Gasteiger partial charge is 0.332 e. The summed E-state index contributed by atoms with van der Waals surface area (Å²) in [5.74, 6) is -0.812. The molecule has 0 aliphatic heterocycles. The number of amides is 1. The van der Waals surface area contributed by atoms with Crippen molar-refractivity contribution in [1.82, 2.24) is 5.06 Å². The van der Waals surface area contributed by atoms with Gasteiger partial charge in [-0.15, -0.1) is 6.58 Å². The van der Waals surface area contributed by atoms with Gasteiger partial charge in [-0.05, 0) is 19.3 Å². The van der Waals surface area contributed by atoms with Gasteiger partial charge in [0.05, 0.1) is 0 Å². The van der Waals surface area contributed by atoms with Gasteiger partial charge in [-0.25, -0.2) is 4.79 Å². The first-order valence-corrected chi connectivity index (χ1v) is 5.63. The Kier molecular flexibility index (Phi) is 8.64. The second-order valence-electron chi connectivity index (χ2n) is 3.59. The normalized spacial score (nSPS) is 9.47. The van der Waals surface area contributed by atoms with E-state index >= 15 is 0 Å². The summed E-state index contributed by atoms with van der Waals surface area (Å²) in [6.45, 7) is 3.58. The molecular formula is C12H19NO4. The van der Waals surface area contributed by atoms with Crippen LogP contribution in [0.5, 0.6) is 0 Å². The van der Waals surface area contributed by atoms with Crippen molar-refractivity contribution < 1.29 is 19.2 Å². The molecule has 96 valence electrons. The van der Waals surface area contributed by atoms with E-state index in [9.17, 15) is 14.4 Å². The highest BCUT2D eigenvalue weighted by Gasteiger charge is 2.13. The van der Waals surface area contributed by atoms with E-state index in [1.165, 1.54) is 7.05 Å². The SMILES string of the molecule is C=CCCCCC(=O)ON(C)C(=O)CCC=O. The average molecular weight is 241 g/mol. The molecule has 0 N–H and O–H groups in total. The number of rotatable bonds is 8. The quantitative estimate of drug-likeness (QED) is 0.280. The summed E-state index contributed by atoms with van der Waals surface area (Å²) in [4.78, 5) is 37.4. The van der Waals surface area contributed by atoms with E-state index in [4.69, 9.17) is 4.84 Å². The molecule has 5 heteroatoms. The lowest BCUT2D eigenvalue weighted by Gasteiger charge is -2.15. The van der Waals surface area contributed by atoms with Crippen LogP contribution in [-0.4, -0.2) is 30.3 Å². The van der Waals surface area contributed by atoms with Crippen molar-refractivity contribution in [3.05, 3.63) is 12.7 Å². The summed E-state index contributed by atoms with van der Waals surface area (Å²) in [5.41, 5.74) is 0. The molecule has 0 aromatic carbocycles. The fourth-order valence-electron chi connectivity index (χ4n) is 1.15. The van der Waals surface area contributed by atoms with E-state index < -0.39 is 5.97 Å². The second-order valence-corrected chi connectivity index (χ2v) is 3.59. The average Bonchev–Trinajstić information content (AvgIpc) is 2.31. The highest BCUT2D eigenvalue weighted by Crippen LogP contribution is 2.03. The Hall–Kier alpha value is -1.65. The summed E-state index contributed by atoms with van der Waals surface area (Å²) in [6.07, 6.45) is 5.37. The number of hydroxylamine groups is 2. The van der Waals surface area contributed by atoms with E-state index in [0.29, 0.717) is 12.7 Å². The monoisotopic (exact) mass is 241 g/mol. The Morgan fingerprint density at radius 1 is 1.24 bits per heavy atom. The Balaban J connectivity index is 3.74. The van der Waals surface area contributed by atoms with Gasteiger partial charge in [-0.1, -0.05) is 6.08 Å². The maximum Gasteiger partial charge on any atom is 0.332 e. The van der Waals surface area contributed by atoms with Crippen LogP contribution in [0.15, 0.2) is 12.7 Å². The molecule has 0 bridgehead atoms. The number of nitrogens with zero attached hydrogens (tertiary/aromatic N) is 1. The zero-order valence-electron chi connectivity index (χ0n) is 10.2. The lowest BCUT2D eigenvalue weighted by Crippen LogP contribution is -2.29. The fraction of sp³-hybridized carbons (Fsp3) is 0.583. The van der Waals surface area contributed by atoms with Crippen LogP contribution in [0.4, 0.5) is 0 Å².